The Balaban J connectivity index is 2.41. The lowest BCUT2D eigenvalue weighted by Crippen LogP contribution is -2.19. The second kappa shape index (κ2) is 6.51. The molecule has 0 fully saturated rings. The summed E-state index contributed by atoms with van der Waals surface area (Å²) in [6, 6.07) is 4.12. The number of hydrogen-bond donors (Lipinski definition) is 2. The van der Waals surface area contributed by atoms with Crippen LogP contribution in [0, 0.1) is 0 Å². The van der Waals surface area contributed by atoms with E-state index in [1.807, 2.05) is 12.3 Å². The lowest BCUT2D eigenvalue weighted by atomic mass is 10.1. The van der Waals surface area contributed by atoms with E-state index in [-0.39, 0.29) is 0 Å². The van der Waals surface area contributed by atoms with Crippen LogP contribution in [0.1, 0.15) is 24.6 Å². The van der Waals surface area contributed by atoms with Crippen molar-refractivity contribution in [3.05, 3.63) is 29.6 Å². The third kappa shape index (κ3) is 3.44. The molecule has 0 saturated carbocycles. The summed E-state index contributed by atoms with van der Waals surface area (Å²) >= 11 is 0. The van der Waals surface area contributed by atoms with Gasteiger partial charge in [0.1, 0.15) is 0 Å². The highest BCUT2D eigenvalue weighted by molar-refractivity contribution is 5.19. The van der Waals surface area contributed by atoms with Crippen molar-refractivity contribution in [3.8, 4) is 0 Å². The number of nitrogens with two attached hydrogens (primary N) is 1. The van der Waals surface area contributed by atoms with E-state index < -0.39 is 0 Å². The monoisotopic (exact) mass is 193 g/mol. The Morgan fingerprint density at radius 1 is 1.50 bits per heavy atom. The highest BCUT2D eigenvalue weighted by Gasteiger charge is 1.99. The molecule has 0 saturated heterocycles. The summed E-state index contributed by atoms with van der Waals surface area (Å²) in [6.45, 7) is 4.72. The fourth-order valence-corrected chi connectivity index (χ4v) is 1.39. The van der Waals surface area contributed by atoms with Crippen LogP contribution >= 0.6 is 0 Å². The van der Waals surface area contributed by atoms with Crippen LogP contribution in [-0.4, -0.2) is 18.1 Å². The van der Waals surface area contributed by atoms with Gasteiger partial charge in [-0.3, -0.25) is 4.98 Å². The molecule has 1 aromatic heterocycles. The normalized spacial score (nSPS) is 10.4. The maximum atomic E-state index is 5.41. The molecule has 78 valence electrons. The van der Waals surface area contributed by atoms with Gasteiger partial charge in [0.15, 0.2) is 0 Å². The largest absolute Gasteiger partial charge is 0.330 e. The van der Waals surface area contributed by atoms with Gasteiger partial charge in [-0.25, -0.2) is 0 Å². The molecule has 3 heteroatoms. The third-order valence-electron chi connectivity index (χ3n) is 2.22. The summed E-state index contributed by atoms with van der Waals surface area (Å²) in [5.41, 5.74) is 7.89. The Bertz CT molecular complexity index is 260. The van der Waals surface area contributed by atoms with Crippen molar-refractivity contribution in [2.75, 3.05) is 13.1 Å². The van der Waals surface area contributed by atoms with Crippen molar-refractivity contribution in [2.24, 2.45) is 5.73 Å². The SMILES string of the molecule is CCc1cccnc1CNCCCN. The molecule has 1 aromatic rings. The number of aromatic nitrogens is 1. The second-order valence-corrected chi connectivity index (χ2v) is 3.28. The van der Waals surface area contributed by atoms with Crippen LogP contribution in [0.25, 0.3) is 0 Å². The fraction of sp³-hybridized carbons (Fsp3) is 0.545. The van der Waals surface area contributed by atoms with E-state index >= 15 is 0 Å². The Kier molecular flexibility index (Phi) is 5.19. The molecule has 3 N–H and O–H groups in total. The van der Waals surface area contributed by atoms with E-state index in [1.54, 1.807) is 0 Å². The maximum absolute atomic E-state index is 5.41. The molecule has 3 nitrogen and oxygen atoms in total. The van der Waals surface area contributed by atoms with E-state index in [2.05, 4.69) is 23.3 Å². The van der Waals surface area contributed by atoms with Crippen LogP contribution in [-0.2, 0) is 13.0 Å². The lowest BCUT2D eigenvalue weighted by Gasteiger charge is -2.07. The third-order valence-corrected chi connectivity index (χ3v) is 2.22. The summed E-state index contributed by atoms with van der Waals surface area (Å²) in [5.74, 6) is 0. The van der Waals surface area contributed by atoms with Gasteiger partial charge in [-0.05, 0) is 37.6 Å². The van der Waals surface area contributed by atoms with Crippen LogP contribution in [0.2, 0.25) is 0 Å². The van der Waals surface area contributed by atoms with Gasteiger partial charge in [0.2, 0.25) is 0 Å². The number of aryl methyl sites for hydroxylation is 1. The summed E-state index contributed by atoms with van der Waals surface area (Å²) < 4.78 is 0. The van der Waals surface area contributed by atoms with E-state index in [1.165, 1.54) is 5.56 Å². The molecule has 0 aromatic carbocycles. The average Bonchev–Trinajstić information content (AvgIpc) is 2.25. The molecular formula is C11H19N3. The van der Waals surface area contributed by atoms with E-state index in [4.69, 9.17) is 5.73 Å². The van der Waals surface area contributed by atoms with Crippen LogP contribution in [0.5, 0.6) is 0 Å². The molecule has 0 aliphatic carbocycles. The number of nitrogens with zero attached hydrogens (tertiary/aromatic N) is 1. The molecule has 0 aliphatic rings. The predicted molar refractivity (Wildman–Crippen MR) is 59.0 cm³/mol. The first kappa shape index (κ1) is 11.1. The van der Waals surface area contributed by atoms with Gasteiger partial charge in [0.05, 0.1) is 5.69 Å². The summed E-state index contributed by atoms with van der Waals surface area (Å²) in [4.78, 5) is 4.35. The molecule has 0 radical (unpaired) electrons. The first-order valence-corrected chi connectivity index (χ1v) is 5.22. The predicted octanol–water partition coefficient (Wildman–Crippen LogP) is 1.08. The minimum Gasteiger partial charge on any atom is -0.330 e. The quantitative estimate of drug-likeness (QED) is 0.665. The van der Waals surface area contributed by atoms with Crippen LogP contribution in [0.15, 0.2) is 18.3 Å². The smallest absolute Gasteiger partial charge is 0.0573 e. The van der Waals surface area contributed by atoms with E-state index in [0.717, 1.165) is 38.2 Å². The number of rotatable bonds is 6. The Morgan fingerprint density at radius 2 is 2.36 bits per heavy atom. The van der Waals surface area contributed by atoms with Crippen molar-refractivity contribution in [3.63, 3.8) is 0 Å². The lowest BCUT2D eigenvalue weighted by molar-refractivity contribution is 0.642. The van der Waals surface area contributed by atoms with Gasteiger partial charge < -0.3 is 11.1 Å². The zero-order chi connectivity index (χ0) is 10.2. The summed E-state index contributed by atoms with van der Waals surface area (Å²) in [5, 5.41) is 3.33. The van der Waals surface area contributed by atoms with Gasteiger partial charge in [-0.15, -0.1) is 0 Å². The van der Waals surface area contributed by atoms with Crippen LogP contribution in [0.4, 0.5) is 0 Å². The number of hydrogen-bond acceptors (Lipinski definition) is 3. The molecule has 1 rings (SSSR count). The first-order chi connectivity index (χ1) is 6.88. The van der Waals surface area contributed by atoms with Crippen molar-refractivity contribution in [1.82, 2.24) is 10.3 Å². The van der Waals surface area contributed by atoms with E-state index in [9.17, 15) is 0 Å². The van der Waals surface area contributed by atoms with Crippen molar-refractivity contribution >= 4 is 0 Å². The van der Waals surface area contributed by atoms with Crippen molar-refractivity contribution in [1.29, 1.82) is 0 Å². The number of nitrogens with one attached hydrogen (secondary N) is 1. The molecule has 1 heterocycles. The Labute approximate surface area is 85.7 Å². The van der Waals surface area contributed by atoms with Crippen LogP contribution in [0.3, 0.4) is 0 Å². The molecule has 0 aliphatic heterocycles. The van der Waals surface area contributed by atoms with E-state index in [0.29, 0.717) is 0 Å². The van der Waals surface area contributed by atoms with Crippen molar-refractivity contribution < 1.29 is 0 Å². The van der Waals surface area contributed by atoms with Crippen LogP contribution < -0.4 is 11.1 Å². The second-order valence-electron chi connectivity index (χ2n) is 3.28. The molecule has 0 spiro atoms. The fourth-order valence-electron chi connectivity index (χ4n) is 1.39. The van der Waals surface area contributed by atoms with Gasteiger partial charge in [-0.2, -0.15) is 0 Å². The Hall–Kier alpha value is -0.930. The zero-order valence-corrected chi connectivity index (χ0v) is 8.79. The zero-order valence-electron chi connectivity index (χ0n) is 8.79. The highest BCUT2D eigenvalue weighted by atomic mass is 14.9. The highest BCUT2D eigenvalue weighted by Crippen LogP contribution is 2.05. The van der Waals surface area contributed by atoms with Gasteiger partial charge >= 0.3 is 0 Å². The number of pyridine rings is 1. The summed E-state index contributed by atoms with van der Waals surface area (Å²) in [7, 11) is 0. The topological polar surface area (TPSA) is 50.9 Å². The molecule has 0 bridgehead atoms. The Morgan fingerprint density at radius 3 is 3.07 bits per heavy atom. The van der Waals surface area contributed by atoms with Gasteiger partial charge in [0, 0.05) is 12.7 Å². The maximum Gasteiger partial charge on any atom is 0.0573 e. The molecule has 0 atom stereocenters. The van der Waals surface area contributed by atoms with Gasteiger partial charge in [-0.1, -0.05) is 13.0 Å². The molecule has 14 heavy (non-hydrogen) atoms. The average molecular weight is 193 g/mol. The minimum absolute atomic E-state index is 0.746. The minimum atomic E-state index is 0.746. The molecule has 0 amide bonds. The summed E-state index contributed by atoms with van der Waals surface area (Å²) in [6.07, 6.45) is 3.91. The molecule has 0 unspecified atom stereocenters. The standard InChI is InChI=1S/C11H19N3/c1-2-10-5-3-8-14-11(10)9-13-7-4-6-12/h3,5,8,13H,2,4,6-7,9,12H2,1H3. The molecular weight excluding hydrogens is 174 g/mol. The van der Waals surface area contributed by atoms with Crippen molar-refractivity contribution in [2.45, 2.75) is 26.3 Å². The van der Waals surface area contributed by atoms with Gasteiger partial charge in [0.25, 0.3) is 0 Å². The first-order valence-electron chi connectivity index (χ1n) is 5.22.